The van der Waals surface area contributed by atoms with Gasteiger partial charge in [0, 0.05) is 13.8 Å². The zero-order valence-electron chi connectivity index (χ0n) is 13.5. The molecule has 3 aromatic carbocycles. The molecule has 0 spiro atoms. The third-order valence-corrected chi connectivity index (χ3v) is 7.52. The minimum Gasteiger partial charge on any atom is -0.218 e. The number of thioether (sulfide) groups is 1. The van der Waals surface area contributed by atoms with Gasteiger partial charge in [0.1, 0.15) is 0 Å². The number of hydrogen-bond donors (Lipinski definition) is 0. The molecule has 3 rings (SSSR count). The van der Waals surface area contributed by atoms with Crippen LogP contribution >= 0.6 is 43.6 Å². The Kier molecular flexibility index (Phi) is 6.40. The molecular weight excluding hydrogens is 496 g/mol. The summed E-state index contributed by atoms with van der Waals surface area (Å²) in [6.45, 7) is 0. The molecule has 3 aromatic rings. The van der Waals surface area contributed by atoms with Crippen LogP contribution in [-0.4, -0.2) is 8.42 Å². The van der Waals surface area contributed by atoms with Crippen molar-refractivity contribution in [1.82, 2.24) is 0 Å². The van der Waals surface area contributed by atoms with Crippen molar-refractivity contribution in [2.24, 2.45) is 0 Å². The second-order valence-corrected chi connectivity index (χ2v) is 10.1. The Morgan fingerprint density at radius 3 is 1.88 bits per heavy atom. The normalized spacial score (nSPS) is 12.2. The van der Waals surface area contributed by atoms with Gasteiger partial charge in [-0.15, -0.1) is 0 Å². The first kappa shape index (κ1) is 19.4. The van der Waals surface area contributed by atoms with Gasteiger partial charge < -0.3 is 0 Å². The average molecular weight is 510 g/mol. The fourth-order valence-electron chi connectivity index (χ4n) is 2.26. The zero-order valence-corrected chi connectivity index (χ0v) is 18.3. The van der Waals surface area contributed by atoms with Crippen molar-refractivity contribution in [3.8, 4) is 0 Å². The highest BCUT2D eigenvalue weighted by Gasteiger charge is 2.22. The first-order valence-electron chi connectivity index (χ1n) is 7.65. The largest absolute Gasteiger partial charge is 0.218 e. The quantitative estimate of drug-likeness (QED) is 0.355. The van der Waals surface area contributed by atoms with Gasteiger partial charge in [0.15, 0.2) is 0 Å². The van der Waals surface area contributed by atoms with Crippen molar-refractivity contribution in [2.75, 3.05) is 0 Å². The molecule has 0 amide bonds. The van der Waals surface area contributed by atoms with Crippen molar-refractivity contribution in [3.05, 3.63) is 98.8 Å². The molecule has 0 bridgehead atoms. The first-order valence-corrected chi connectivity index (χ1v) is 11.6. The maximum atomic E-state index is 13.2. The summed E-state index contributed by atoms with van der Waals surface area (Å²) in [4.78, 5) is 1.52. The highest BCUT2D eigenvalue weighted by atomic mass is 79.9. The second kappa shape index (κ2) is 8.57. The predicted octanol–water partition coefficient (Wildman–Crippen LogP) is 6.78. The van der Waals surface area contributed by atoms with Crippen LogP contribution in [0.4, 0.5) is 0 Å². The maximum absolute atomic E-state index is 13.2. The molecule has 0 aromatic heterocycles. The second-order valence-electron chi connectivity index (χ2n) is 5.38. The average Bonchev–Trinajstić information content (AvgIpc) is 2.64. The topological polar surface area (TPSA) is 34.1 Å². The van der Waals surface area contributed by atoms with Gasteiger partial charge in [-0.25, -0.2) is 8.42 Å². The molecule has 6 heteroatoms. The smallest absolute Gasteiger partial charge is 0.207 e. The fourth-order valence-corrected chi connectivity index (χ4v) is 5.31. The number of halogens is 2. The molecule has 0 atom stereocenters. The highest BCUT2D eigenvalue weighted by Crippen LogP contribution is 2.33. The SMILES string of the molecule is O=S(=O)(/C(=C/Sc1ccc(Br)cc1)c1ccccc1)c1ccc(Br)cc1. The molecule has 0 aliphatic carbocycles. The van der Waals surface area contributed by atoms with E-state index in [1.807, 2.05) is 54.6 Å². The first-order chi connectivity index (χ1) is 12.5. The van der Waals surface area contributed by atoms with Gasteiger partial charge in [-0.1, -0.05) is 74.0 Å². The Balaban J connectivity index is 2.04. The van der Waals surface area contributed by atoms with Crippen molar-refractivity contribution >= 4 is 58.4 Å². The van der Waals surface area contributed by atoms with Crippen molar-refractivity contribution < 1.29 is 8.42 Å². The van der Waals surface area contributed by atoms with Crippen molar-refractivity contribution in [3.63, 3.8) is 0 Å². The molecular formula is C20H14Br2O2S2. The minimum atomic E-state index is -3.64. The van der Waals surface area contributed by atoms with Crippen LogP contribution in [0.3, 0.4) is 0 Å². The Morgan fingerprint density at radius 2 is 1.31 bits per heavy atom. The molecule has 0 unspecified atom stereocenters. The lowest BCUT2D eigenvalue weighted by molar-refractivity contribution is 0.606. The maximum Gasteiger partial charge on any atom is 0.207 e. The molecule has 0 heterocycles. The Morgan fingerprint density at radius 1 is 0.769 bits per heavy atom. The van der Waals surface area contributed by atoms with Gasteiger partial charge in [0.25, 0.3) is 0 Å². The molecule has 132 valence electrons. The summed E-state index contributed by atoms with van der Waals surface area (Å²) in [5.41, 5.74) is 0.667. The van der Waals surface area contributed by atoms with E-state index in [1.54, 1.807) is 29.7 Å². The van der Waals surface area contributed by atoms with Crippen LogP contribution in [-0.2, 0) is 9.84 Å². The van der Waals surface area contributed by atoms with Gasteiger partial charge >= 0.3 is 0 Å². The van der Waals surface area contributed by atoms with Crippen LogP contribution in [0.5, 0.6) is 0 Å². The van der Waals surface area contributed by atoms with Crippen molar-refractivity contribution in [1.29, 1.82) is 0 Å². The number of rotatable bonds is 5. The summed E-state index contributed by atoms with van der Waals surface area (Å²) < 4.78 is 28.3. The van der Waals surface area contributed by atoms with Gasteiger partial charge in [-0.2, -0.15) is 0 Å². The number of sulfone groups is 1. The lowest BCUT2D eigenvalue weighted by Crippen LogP contribution is -2.04. The van der Waals surface area contributed by atoms with Gasteiger partial charge in [0.05, 0.1) is 9.80 Å². The lowest BCUT2D eigenvalue weighted by Gasteiger charge is -2.10. The van der Waals surface area contributed by atoms with E-state index < -0.39 is 9.84 Å². The van der Waals surface area contributed by atoms with Crippen LogP contribution in [0.15, 0.2) is 103 Å². The summed E-state index contributed by atoms with van der Waals surface area (Å²) in [6, 6.07) is 23.6. The van der Waals surface area contributed by atoms with Crippen LogP contribution < -0.4 is 0 Å². The molecule has 0 saturated heterocycles. The van der Waals surface area contributed by atoms with Crippen LogP contribution in [0.1, 0.15) is 5.56 Å². The minimum absolute atomic E-state index is 0.271. The summed E-state index contributed by atoms with van der Waals surface area (Å²) in [6.07, 6.45) is 0. The molecule has 2 nitrogen and oxygen atoms in total. The standard InChI is InChI=1S/C20H14Br2O2S2/c21-16-6-10-18(11-7-16)25-14-20(15-4-2-1-3-5-15)26(23,24)19-12-8-17(22)9-13-19/h1-14H/b20-14+. The summed E-state index contributed by atoms with van der Waals surface area (Å²) in [5, 5.41) is 1.70. The van der Waals surface area contributed by atoms with Crippen LogP contribution in [0.2, 0.25) is 0 Å². The third kappa shape index (κ3) is 4.68. The Bertz CT molecular complexity index is 1010. The van der Waals surface area contributed by atoms with Gasteiger partial charge in [-0.3, -0.25) is 0 Å². The van der Waals surface area contributed by atoms with E-state index in [2.05, 4.69) is 31.9 Å². The molecule has 0 aliphatic heterocycles. The van der Waals surface area contributed by atoms with Crippen molar-refractivity contribution in [2.45, 2.75) is 9.79 Å². The Hall–Kier alpha value is -1.34. The third-order valence-electron chi connectivity index (χ3n) is 3.59. The van der Waals surface area contributed by atoms with Crippen LogP contribution in [0.25, 0.3) is 4.91 Å². The molecule has 0 fully saturated rings. The fraction of sp³-hybridized carbons (Fsp3) is 0. The van der Waals surface area contributed by atoms with Gasteiger partial charge in [0.2, 0.25) is 9.84 Å². The molecule has 0 N–H and O–H groups in total. The molecule has 26 heavy (non-hydrogen) atoms. The molecule has 0 saturated carbocycles. The highest BCUT2D eigenvalue weighted by molar-refractivity contribution is 9.10. The van der Waals surface area contributed by atoms with Gasteiger partial charge in [-0.05, 0) is 59.5 Å². The van der Waals surface area contributed by atoms with E-state index in [0.29, 0.717) is 5.56 Å². The van der Waals surface area contributed by atoms with E-state index >= 15 is 0 Å². The summed E-state index contributed by atoms with van der Waals surface area (Å²) >= 11 is 8.14. The van der Waals surface area contributed by atoms with E-state index in [1.165, 1.54) is 11.8 Å². The van der Waals surface area contributed by atoms with E-state index in [0.717, 1.165) is 13.8 Å². The zero-order chi connectivity index (χ0) is 18.6. The predicted molar refractivity (Wildman–Crippen MR) is 116 cm³/mol. The van der Waals surface area contributed by atoms with Crippen LogP contribution in [0, 0.1) is 0 Å². The van der Waals surface area contributed by atoms with E-state index in [-0.39, 0.29) is 9.80 Å². The van der Waals surface area contributed by atoms with E-state index in [9.17, 15) is 8.42 Å². The van der Waals surface area contributed by atoms with E-state index in [4.69, 9.17) is 0 Å². The monoisotopic (exact) mass is 508 g/mol. The molecule has 0 radical (unpaired) electrons. The number of benzene rings is 3. The summed E-state index contributed by atoms with van der Waals surface area (Å²) in [7, 11) is -3.64. The summed E-state index contributed by atoms with van der Waals surface area (Å²) in [5.74, 6) is 0. The lowest BCUT2D eigenvalue weighted by atomic mass is 10.2. The number of hydrogen-bond acceptors (Lipinski definition) is 3. The molecule has 0 aliphatic rings. The Labute approximate surface area is 174 Å².